The maximum atomic E-state index is 12.2. The second kappa shape index (κ2) is 27.5. The molecule has 2 unspecified atom stereocenters. The lowest BCUT2D eigenvalue weighted by atomic mass is 10.0. The van der Waals surface area contributed by atoms with E-state index >= 15 is 0 Å². The monoisotopic (exact) mass is 493 g/mol. The van der Waals surface area contributed by atoms with E-state index in [0.717, 1.165) is 38.5 Å². The van der Waals surface area contributed by atoms with E-state index in [1.54, 1.807) is 6.08 Å². The molecule has 206 valence electrons. The van der Waals surface area contributed by atoms with Crippen molar-refractivity contribution in [3.8, 4) is 0 Å². The lowest BCUT2D eigenvalue weighted by Gasteiger charge is -2.20. The number of hydrogen-bond donors (Lipinski definition) is 3. The number of aliphatic hydroxyl groups excluding tert-OH is 2. The van der Waals surface area contributed by atoms with Crippen molar-refractivity contribution in [2.24, 2.45) is 0 Å². The van der Waals surface area contributed by atoms with Crippen molar-refractivity contribution in [3.05, 3.63) is 24.3 Å². The van der Waals surface area contributed by atoms with Gasteiger partial charge >= 0.3 is 0 Å². The van der Waals surface area contributed by atoms with Gasteiger partial charge in [-0.25, -0.2) is 0 Å². The summed E-state index contributed by atoms with van der Waals surface area (Å²) in [6.07, 6.45) is 32.5. The van der Waals surface area contributed by atoms with Gasteiger partial charge in [-0.2, -0.15) is 0 Å². The summed E-state index contributed by atoms with van der Waals surface area (Å²) in [6.45, 7) is 4.21. The minimum absolute atomic E-state index is 0.0793. The number of carbonyl (C=O) groups excluding carboxylic acids is 1. The molecule has 0 saturated carbocycles. The highest BCUT2D eigenvalue weighted by molar-refractivity contribution is 5.76. The SMILES string of the molecule is CCC/C=C\CCCCCCCC(=O)NC(CO)C(O)/C=C/CCCCCCCCCCCCC. The Kier molecular flexibility index (Phi) is 26.6. The van der Waals surface area contributed by atoms with Crippen LogP contribution in [-0.2, 0) is 4.79 Å². The van der Waals surface area contributed by atoms with Gasteiger partial charge in [0.1, 0.15) is 0 Å². The van der Waals surface area contributed by atoms with Crippen molar-refractivity contribution in [2.45, 2.75) is 161 Å². The van der Waals surface area contributed by atoms with Gasteiger partial charge in [0.15, 0.2) is 0 Å². The molecule has 0 aromatic rings. The number of aliphatic hydroxyl groups is 2. The Morgan fingerprint density at radius 1 is 0.657 bits per heavy atom. The summed E-state index contributed by atoms with van der Waals surface area (Å²) in [7, 11) is 0. The Bertz CT molecular complexity index is 503. The van der Waals surface area contributed by atoms with Crippen molar-refractivity contribution in [2.75, 3.05) is 6.61 Å². The molecule has 0 spiro atoms. The van der Waals surface area contributed by atoms with Crippen molar-refractivity contribution < 1.29 is 15.0 Å². The minimum atomic E-state index is -0.836. The molecular formula is C31H59NO3. The van der Waals surface area contributed by atoms with Gasteiger partial charge in [0.05, 0.1) is 18.8 Å². The van der Waals surface area contributed by atoms with Gasteiger partial charge in [-0.05, 0) is 38.5 Å². The number of unbranched alkanes of at least 4 members (excludes halogenated alkanes) is 17. The summed E-state index contributed by atoms with van der Waals surface area (Å²) in [5, 5.41) is 22.7. The van der Waals surface area contributed by atoms with Crippen LogP contribution in [0.5, 0.6) is 0 Å². The van der Waals surface area contributed by atoms with E-state index in [0.29, 0.717) is 6.42 Å². The molecule has 0 fully saturated rings. The number of allylic oxidation sites excluding steroid dienone is 3. The molecule has 0 aliphatic rings. The summed E-state index contributed by atoms with van der Waals surface area (Å²) < 4.78 is 0. The number of rotatable bonds is 26. The van der Waals surface area contributed by atoms with Crippen LogP contribution >= 0.6 is 0 Å². The highest BCUT2D eigenvalue weighted by Crippen LogP contribution is 2.12. The van der Waals surface area contributed by atoms with E-state index in [1.807, 2.05) is 6.08 Å². The molecule has 35 heavy (non-hydrogen) atoms. The normalized spacial score (nSPS) is 13.6. The molecule has 0 aromatic heterocycles. The van der Waals surface area contributed by atoms with Gasteiger partial charge in [-0.3, -0.25) is 4.79 Å². The molecule has 3 N–H and O–H groups in total. The number of hydrogen-bond acceptors (Lipinski definition) is 3. The Labute approximate surface area is 218 Å². The number of nitrogens with one attached hydrogen (secondary N) is 1. The van der Waals surface area contributed by atoms with Crippen LogP contribution in [0.4, 0.5) is 0 Å². The molecule has 0 radical (unpaired) electrons. The van der Waals surface area contributed by atoms with Crippen LogP contribution in [0.2, 0.25) is 0 Å². The summed E-state index contributed by atoms with van der Waals surface area (Å²) in [4.78, 5) is 12.2. The fraction of sp³-hybridized carbons (Fsp3) is 0.839. The highest BCUT2D eigenvalue weighted by Gasteiger charge is 2.17. The van der Waals surface area contributed by atoms with Crippen molar-refractivity contribution in [3.63, 3.8) is 0 Å². The van der Waals surface area contributed by atoms with Crippen molar-refractivity contribution >= 4 is 5.91 Å². The molecule has 0 aliphatic heterocycles. The molecule has 0 bridgehead atoms. The molecule has 0 saturated heterocycles. The summed E-state index contributed by atoms with van der Waals surface area (Å²) in [5.74, 6) is -0.0793. The van der Waals surface area contributed by atoms with Crippen molar-refractivity contribution in [1.29, 1.82) is 0 Å². The summed E-state index contributed by atoms with van der Waals surface area (Å²) in [6, 6.07) is -0.619. The lowest BCUT2D eigenvalue weighted by molar-refractivity contribution is -0.123. The molecule has 4 nitrogen and oxygen atoms in total. The third-order valence-electron chi connectivity index (χ3n) is 6.66. The standard InChI is InChI=1S/C31H59NO3/c1-3-5-7-9-11-13-15-16-17-18-20-22-24-26-30(34)29(28-33)32-31(35)27-25-23-21-19-14-12-10-8-6-4-2/h8,10,24,26,29-30,33-34H,3-7,9,11-23,25,27-28H2,1-2H3,(H,32,35)/b10-8-,26-24+. The Hall–Kier alpha value is -1.13. The third kappa shape index (κ3) is 24.3. The Morgan fingerprint density at radius 2 is 1.14 bits per heavy atom. The van der Waals surface area contributed by atoms with Gasteiger partial charge in [-0.15, -0.1) is 0 Å². The maximum absolute atomic E-state index is 12.2. The third-order valence-corrected chi connectivity index (χ3v) is 6.66. The first-order valence-corrected chi connectivity index (χ1v) is 15.1. The van der Waals surface area contributed by atoms with Gasteiger partial charge < -0.3 is 15.5 Å². The van der Waals surface area contributed by atoms with E-state index in [4.69, 9.17) is 0 Å². The molecule has 0 aromatic carbocycles. The average molecular weight is 494 g/mol. The van der Waals surface area contributed by atoms with Gasteiger partial charge in [-0.1, -0.05) is 128 Å². The van der Waals surface area contributed by atoms with Crippen LogP contribution in [0.15, 0.2) is 24.3 Å². The fourth-order valence-corrected chi connectivity index (χ4v) is 4.29. The maximum Gasteiger partial charge on any atom is 0.220 e. The predicted molar refractivity (Wildman–Crippen MR) is 152 cm³/mol. The largest absolute Gasteiger partial charge is 0.394 e. The quantitative estimate of drug-likeness (QED) is 0.0840. The molecular weight excluding hydrogens is 434 g/mol. The van der Waals surface area contributed by atoms with Crippen molar-refractivity contribution in [1.82, 2.24) is 5.32 Å². The summed E-state index contributed by atoms with van der Waals surface area (Å²) in [5.41, 5.74) is 0. The topological polar surface area (TPSA) is 69.6 Å². The van der Waals surface area contributed by atoms with E-state index in [2.05, 4.69) is 31.3 Å². The first kappa shape index (κ1) is 33.9. The van der Waals surface area contributed by atoms with Crippen LogP contribution in [0.3, 0.4) is 0 Å². The number of amides is 1. The van der Waals surface area contributed by atoms with E-state index in [-0.39, 0.29) is 12.5 Å². The molecule has 0 aliphatic carbocycles. The molecule has 0 rings (SSSR count). The highest BCUT2D eigenvalue weighted by atomic mass is 16.3. The smallest absolute Gasteiger partial charge is 0.220 e. The zero-order chi connectivity index (χ0) is 25.8. The second-order valence-electron chi connectivity index (χ2n) is 10.2. The second-order valence-corrected chi connectivity index (χ2v) is 10.2. The van der Waals surface area contributed by atoms with Crippen LogP contribution in [-0.4, -0.2) is 34.9 Å². The summed E-state index contributed by atoms with van der Waals surface area (Å²) >= 11 is 0. The van der Waals surface area contributed by atoms with E-state index in [9.17, 15) is 15.0 Å². The first-order chi connectivity index (χ1) is 17.2. The van der Waals surface area contributed by atoms with Gasteiger partial charge in [0, 0.05) is 6.42 Å². The van der Waals surface area contributed by atoms with Crippen LogP contribution < -0.4 is 5.32 Å². The average Bonchev–Trinajstić information content (AvgIpc) is 2.86. The van der Waals surface area contributed by atoms with E-state index < -0.39 is 12.1 Å². The van der Waals surface area contributed by atoms with Gasteiger partial charge in [0.2, 0.25) is 5.91 Å². The molecule has 0 heterocycles. The first-order valence-electron chi connectivity index (χ1n) is 15.1. The minimum Gasteiger partial charge on any atom is -0.394 e. The molecule has 1 amide bonds. The Morgan fingerprint density at radius 3 is 1.69 bits per heavy atom. The zero-order valence-corrected chi connectivity index (χ0v) is 23.3. The van der Waals surface area contributed by atoms with E-state index in [1.165, 1.54) is 89.9 Å². The van der Waals surface area contributed by atoms with Crippen LogP contribution in [0, 0.1) is 0 Å². The Balaban J connectivity index is 3.70. The lowest BCUT2D eigenvalue weighted by Crippen LogP contribution is -2.45. The fourth-order valence-electron chi connectivity index (χ4n) is 4.29. The predicted octanol–water partition coefficient (Wildman–Crippen LogP) is 8.17. The van der Waals surface area contributed by atoms with Gasteiger partial charge in [0.25, 0.3) is 0 Å². The van der Waals surface area contributed by atoms with Crippen LogP contribution in [0.1, 0.15) is 149 Å². The molecule has 4 heteroatoms. The number of carbonyl (C=O) groups is 1. The molecule has 2 atom stereocenters. The van der Waals surface area contributed by atoms with Crippen LogP contribution in [0.25, 0.3) is 0 Å². The zero-order valence-electron chi connectivity index (χ0n) is 23.3.